The Hall–Kier alpha value is -2.82. The predicted octanol–water partition coefficient (Wildman–Crippen LogP) is 3.38. The van der Waals surface area contributed by atoms with E-state index in [0.717, 1.165) is 16.8 Å². The third-order valence-electron chi connectivity index (χ3n) is 3.07. The summed E-state index contributed by atoms with van der Waals surface area (Å²) in [5.74, 6) is -0.970. The van der Waals surface area contributed by atoms with Crippen LogP contribution in [0.4, 0.5) is 0 Å². The van der Waals surface area contributed by atoms with E-state index in [0.29, 0.717) is 12.2 Å². The molecule has 1 unspecified atom stereocenters. The van der Waals surface area contributed by atoms with Crippen molar-refractivity contribution in [1.82, 2.24) is 0 Å². The third-order valence-corrected chi connectivity index (χ3v) is 3.07. The number of benzene rings is 2. The number of esters is 1. The zero-order valence-corrected chi connectivity index (χ0v) is 12.1. The lowest BCUT2D eigenvalue weighted by Crippen LogP contribution is -2.22. The lowest BCUT2D eigenvalue weighted by molar-refractivity contribution is -0.157. The largest absolute Gasteiger partial charge is 0.478 e. The highest BCUT2D eigenvalue weighted by molar-refractivity contribution is 5.94. The number of carboxylic acid groups (broad SMARTS) is 1. The first-order valence-electron chi connectivity index (χ1n) is 6.80. The molecule has 0 saturated carbocycles. The molecule has 0 bridgehead atoms. The number of rotatable bonds is 6. The summed E-state index contributed by atoms with van der Waals surface area (Å²) < 4.78 is 10.7. The quantitative estimate of drug-likeness (QED) is 0.503. The molecule has 0 aliphatic heterocycles. The van der Waals surface area contributed by atoms with E-state index >= 15 is 0 Å². The minimum absolute atomic E-state index is 0.229. The fourth-order valence-electron chi connectivity index (χ4n) is 1.95. The van der Waals surface area contributed by atoms with Crippen molar-refractivity contribution in [3.05, 3.63) is 54.6 Å². The number of fused-ring (bicyclic) bond motifs is 1. The first kappa shape index (κ1) is 15.6. The van der Waals surface area contributed by atoms with Gasteiger partial charge < -0.3 is 14.6 Å². The molecule has 2 aromatic carbocycles. The predicted molar refractivity (Wildman–Crippen MR) is 81.9 cm³/mol. The van der Waals surface area contributed by atoms with Crippen LogP contribution in [0.3, 0.4) is 0 Å². The van der Waals surface area contributed by atoms with Crippen molar-refractivity contribution in [2.45, 2.75) is 19.6 Å². The van der Waals surface area contributed by atoms with Gasteiger partial charge in [-0.05, 0) is 35.0 Å². The average molecular weight is 300 g/mol. The molecule has 1 N–H and O–H groups in total. The standard InChI is InChI=1S/C17H16O5/c1-3-15(18)22-16(4-2)21-14-8-7-11-9-13(17(19)20)6-5-12(11)10-14/h3,5-10,16H,1,4H2,2H3,(H,19,20). The minimum Gasteiger partial charge on any atom is -0.478 e. The molecule has 0 heterocycles. The van der Waals surface area contributed by atoms with Crippen molar-refractivity contribution in [3.63, 3.8) is 0 Å². The molecule has 0 fully saturated rings. The van der Waals surface area contributed by atoms with Gasteiger partial charge in [0, 0.05) is 12.5 Å². The van der Waals surface area contributed by atoms with Gasteiger partial charge in [0.25, 0.3) is 0 Å². The van der Waals surface area contributed by atoms with Crippen LogP contribution in [0.1, 0.15) is 23.7 Å². The molecule has 0 aliphatic carbocycles. The van der Waals surface area contributed by atoms with Gasteiger partial charge in [0.05, 0.1) is 5.56 Å². The van der Waals surface area contributed by atoms with E-state index in [2.05, 4.69) is 6.58 Å². The van der Waals surface area contributed by atoms with Crippen LogP contribution in [0, 0.1) is 0 Å². The molecule has 0 saturated heterocycles. The highest BCUT2D eigenvalue weighted by Crippen LogP contribution is 2.23. The van der Waals surface area contributed by atoms with Gasteiger partial charge in [-0.2, -0.15) is 0 Å². The van der Waals surface area contributed by atoms with Crippen LogP contribution in [0.25, 0.3) is 10.8 Å². The van der Waals surface area contributed by atoms with Gasteiger partial charge in [0.15, 0.2) is 0 Å². The summed E-state index contributed by atoms with van der Waals surface area (Å²) in [6.45, 7) is 5.17. The molecule has 2 rings (SSSR count). The Morgan fingerprint density at radius 1 is 1.23 bits per heavy atom. The van der Waals surface area contributed by atoms with Crippen molar-refractivity contribution in [2.24, 2.45) is 0 Å². The fourth-order valence-corrected chi connectivity index (χ4v) is 1.95. The summed E-state index contributed by atoms with van der Waals surface area (Å²) in [4.78, 5) is 22.2. The zero-order chi connectivity index (χ0) is 16.1. The van der Waals surface area contributed by atoms with Crippen LogP contribution in [0.5, 0.6) is 5.75 Å². The molecule has 0 spiro atoms. The molecule has 1 atom stereocenters. The van der Waals surface area contributed by atoms with Gasteiger partial charge in [0.2, 0.25) is 6.29 Å². The molecule has 114 valence electrons. The van der Waals surface area contributed by atoms with Crippen LogP contribution >= 0.6 is 0 Å². The lowest BCUT2D eigenvalue weighted by atomic mass is 10.1. The topological polar surface area (TPSA) is 72.8 Å². The van der Waals surface area contributed by atoms with Crippen LogP contribution in [-0.4, -0.2) is 23.3 Å². The fraction of sp³-hybridized carbons (Fsp3) is 0.176. The summed E-state index contributed by atoms with van der Waals surface area (Å²) in [5.41, 5.74) is 0.229. The molecule has 5 nitrogen and oxygen atoms in total. The van der Waals surface area contributed by atoms with Gasteiger partial charge in [0.1, 0.15) is 5.75 Å². The average Bonchev–Trinajstić information content (AvgIpc) is 2.53. The Morgan fingerprint density at radius 2 is 1.91 bits per heavy atom. The number of ether oxygens (including phenoxy) is 2. The number of aromatic carboxylic acids is 1. The highest BCUT2D eigenvalue weighted by Gasteiger charge is 2.12. The normalized spacial score (nSPS) is 11.7. The van der Waals surface area contributed by atoms with Gasteiger partial charge in [-0.1, -0.05) is 25.6 Å². The monoisotopic (exact) mass is 300 g/mol. The van der Waals surface area contributed by atoms with Crippen molar-refractivity contribution >= 4 is 22.7 Å². The summed E-state index contributed by atoms with van der Waals surface area (Å²) in [5, 5.41) is 10.6. The Bertz CT molecular complexity index is 720. The van der Waals surface area contributed by atoms with E-state index in [-0.39, 0.29) is 5.56 Å². The van der Waals surface area contributed by atoms with E-state index in [4.69, 9.17) is 14.6 Å². The smallest absolute Gasteiger partial charge is 0.335 e. The van der Waals surface area contributed by atoms with Crippen molar-refractivity contribution in [1.29, 1.82) is 0 Å². The number of hydrogen-bond acceptors (Lipinski definition) is 4. The molecule has 0 aromatic heterocycles. The lowest BCUT2D eigenvalue weighted by Gasteiger charge is -2.17. The van der Waals surface area contributed by atoms with E-state index in [1.807, 2.05) is 6.92 Å². The molecular weight excluding hydrogens is 284 g/mol. The summed E-state index contributed by atoms with van der Waals surface area (Å²) in [6.07, 6.45) is 0.885. The zero-order valence-electron chi connectivity index (χ0n) is 12.1. The Balaban J connectivity index is 2.21. The molecule has 22 heavy (non-hydrogen) atoms. The van der Waals surface area contributed by atoms with Crippen LogP contribution in [0.2, 0.25) is 0 Å². The second-order valence-electron chi connectivity index (χ2n) is 4.63. The molecule has 2 aromatic rings. The van der Waals surface area contributed by atoms with Gasteiger partial charge in [-0.15, -0.1) is 0 Å². The number of carbonyl (C=O) groups excluding carboxylic acids is 1. The van der Waals surface area contributed by atoms with Crippen LogP contribution < -0.4 is 4.74 Å². The molecule has 5 heteroatoms. The van der Waals surface area contributed by atoms with Gasteiger partial charge in [-0.3, -0.25) is 0 Å². The number of hydrogen-bond donors (Lipinski definition) is 1. The third kappa shape index (κ3) is 3.63. The first-order chi connectivity index (χ1) is 10.5. The molecule has 0 radical (unpaired) electrons. The van der Waals surface area contributed by atoms with Gasteiger partial charge >= 0.3 is 11.9 Å². The summed E-state index contributed by atoms with van der Waals surface area (Å²) in [6, 6.07) is 10.1. The SMILES string of the molecule is C=CC(=O)OC(CC)Oc1ccc2cc(C(=O)O)ccc2c1. The Morgan fingerprint density at radius 3 is 2.55 bits per heavy atom. The highest BCUT2D eigenvalue weighted by atomic mass is 16.7. The van der Waals surface area contributed by atoms with Gasteiger partial charge in [-0.25, -0.2) is 9.59 Å². The molecular formula is C17H16O5. The molecule has 0 aliphatic rings. The van der Waals surface area contributed by atoms with E-state index in [1.54, 1.807) is 30.3 Å². The van der Waals surface area contributed by atoms with Crippen molar-refractivity contribution in [2.75, 3.05) is 0 Å². The second-order valence-corrected chi connectivity index (χ2v) is 4.63. The maximum Gasteiger partial charge on any atom is 0.335 e. The van der Waals surface area contributed by atoms with E-state index in [1.165, 1.54) is 6.07 Å². The Labute approximate surface area is 127 Å². The number of carboxylic acids is 1. The minimum atomic E-state index is -0.968. The first-order valence-corrected chi connectivity index (χ1v) is 6.80. The number of carbonyl (C=O) groups is 2. The van der Waals surface area contributed by atoms with Crippen LogP contribution in [0.15, 0.2) is 49.1 Å². The van der Waals surface area contributed by atoms with Crippen molar-refractivity contribution < 1.29 is 24.2 Å². The van der Waals surface area contributed by atoms with E-state index < -0.39 is 18.2 Å². The summed E-state index contributed by atoms with van der Waals surface area (Å²) in [7, 11) is 0. The molecule has 0 amide bonds. The summed E-state index contributed by atoms with van der Waals surface area (Å²) >= 11 is 0. The Kier molecular flexibility index (Phi) is 4.78. The maximum atomic E-state index is 11.2. The maximum absolute atomic E-state index is 11.2. The second kappa shape index (κ2) is 6.76. The van der Waals surface area contributed by atoms with E-state index in [9.17, 15) is 9.59 Å². The van der Waals surface area contributed by atoms with Crippen LogP contribution in [-0.2, 0) is 9.53 Å². The van der Waals surface area contributed by atoms with Crippen molar-refractivity contribution in [3.8, 4) is 5.75 Å².